The molecule has 2 heterocycles. The molecular weight excluding hydrogens is 254 g/mol. The maximum atomic E-state index is 11.6. The van der Waals surface area contributed by atoms with E-state index in [0.29, 0.717) is 11.5 Å². The van der Waals surface area contributed by atoms with Gasteiger partial charge in [-0.3, -0.25) is 9.36 Å². The molecule has 0 spiro atoms. The summed E-state index contributed by atoms with van der Waals surface area (Å²) in [5, 5.41) is 0. The average molecular weight is 267 g/mol. The van der Waals surface area contributed by atoms with Gasteiger partial charge < -0.3 is 4.74 Å². The summed E-state index contributed by atoms with van der Waals surface area (Å²) in [4.78, 5) is 20.5. The Kier molecular flexibility index (Phi) is 3.16. The van der Waals surface area contributed by atoms with Crippen molar-refractivity contribution in [1.82, 2.24) is 14.5 Å². The quantitative estimate of drug-likeness (QED) is 0.683. The maximum Gasteiger partial charge on any atom is 0.325 e. The second kappa shape index (κ2) is 5.13. The number of ether oxygens (including phenoxy) is 1. The molecule has 0 aliphatic rings. The minimum absolute atomic E-state index is 0.0915. The van der Waals surface area contributed by atoms with Crippen LogP contribution in [0.15, 0.2) is 48.7 Å². The van der Waals surface area contributed by atoms with Crippen molar-refractivity contribution in [3.63, 3.8) is 0 Å². The zero-order valence-electron chi connectivity index (χ0n) is 11.0. The third-order valence-corrected chi connectivity index (χ3v) is 3.05. The van der Waals surface area contributed by atoms with Crippen molar-refractivity contribution in [1.29, 1.82) is 0 Å². The SMILES string of the molecule is COC(=O)Cn1c(-c2ccccc2)nc2cccnc21. The molecule has 0 bridgehead atoms. The molecule has 0 radical (unpaired) electrons. The molecule has 2 aromatic heterocycles. The number of benzene rings is 1. The van der Waals surface area contributed by atoms with E-state index in [1.54, 1.807) is 10.8 Å². The Hall–Kier alpha value is -2.69. The number of esters is 1. The lowest BCUT2D eigenvalue weighted by atomic mass is 10.2. The summed E-state index contributed by atoms with van der Waals surface area (Å²) in [6, 6.07) is 13.4. The highest BCUT2D eigenvalue weighted by atomic mass is 16.5. The first-order valence-electron chi connectivity index (χ1n) is 6.23. The highest BCUT2D eigenvalue weighted by molar-refractivity contribution is 5.80. The number of hydrogen-bond acceptors (Lipinski definition) is 4. The second-order valence-electron chi connectivity index (χ2n) is 4.31. The first kappa shape index (κ1) is 12.3. The van der Waals surface area contributed by atoms with Crippen LogP contribution in [0, 0.1) is 0 Å². The monoisotopic (exact) mass is 267 g/mol. The van der Waals surface area contributed by atoms with Gasteiger partial charge in [0.1, 0.15) is 17.9 Å². The lowest BCUT2D eigenvalue weighted by Gasteiger charge is -2.07. The molecule has 0 unspecified atom stereocenters. The molecule has 0 aliphatic carbocycles. The summed E-state index contributed by atoms with van der Waals surface area (Å²) in [6.07, 6.45) is 1.69. The number of imidazole rings is 1. The molecule has 100 valence electrons. The van der Waals surface area contributed by atoms with Gasteiger partial charge in [-0.2, -0.15) is 0 Å². The number of aromatic nitrogens is 3. The first-order valence-corrected chi connectivity index (χ1v) is 6.23. The topological polar surface area (TPSA) is 57.0 Å². The fraction of sp³-hybridized carbons (Fsp3) is 0.133. The van der Waals surface area contributed by atoms with Crippen LogP contribution in [-0.2, 0) is 16.1 Å². The van der Waals surface area contributed by atoms with Gasteiger partial charge in [-0.05, 0) is 12.1 Å². The zero-order valence-corrected chi connectivity index (χ0v) is 11.0. The normalized spacial score (nSPS) is 10.7. The van der Waals surface area contributed by atoms with Gasteiger partial charge in [-0.15, -0.1) is 0 Å². The number of rotatable bonds is 3. The van der Waals surface area contributed by atoms with E-state index < -0.39 is 0 Å². The lowest BCUT2D eigenvalue weighted by Crippen LogP contribution is -2.13. The number of nitrogens with zero attached hydrogens (tertiary/aromatic N) is 3. The summed E-state index contributed by atoms with van der Waals surface area (Å²) in [5.41, 5.74) is 2.38. The van der Waals surface area contributed by atoms with Crippen LogP contribution >= 0.6 is 0 Å². The maximum absolute atomic E-state index is 11.6. The Labute approximate surface area is 115 Å². The molecule has 3 rings (SSSR count). The summed E-state index contributed by atoms with van der Waals surface area (Å²) in [5.74, 6) is 0.386. The predicted octanol–water partition coefficient (Wildman–Crippen LogP) is 2.27. The fourth-order valence-corrected chi connectivity index (χ4v) is 2.11. The molecule has 5 heteroatoms. The summed E-state index contributed by atoms with van der Waals surface area (Å²) in [6.45, 7) is 0.0915. The smallest absolute Gasteiger partial charge is 0.325 e. The Balaban J connectivity index is 2.20. The van der Waals surface area contributed by atoms with Crippen LogP contribution in [0.1, 0.15) is 0 Å². The zero-order chi connectivity index (χ0) is 13.9. The lowest BCUT2D eigenvalue weighted by molar-refractivity contribution is -0.141. The molecule has 1 aromatic carbocycles. The van der Waals surface area contributed by atoms with Gasteiger partial charge >= 0.3 is 5.97 Å². The number of methoxy groups -OCH3 is 1. The highest BCUT2D eigenvalue weighted by Crippen LogP contribution is 2.23. The number of carbonyl (C=O) groups is 1. The first-order chi connectivity index (χ1) is 9.79. The molecule has 0 saturated heterocycles. The van der Waals surface area contributed by atoms with Crippen LogP contribution in [0.5, 0.6) is 0 Å². The van der Waals surface area contributed by atoms with Crippen LogP contribution in [0.3, 0.4) is 0 Å². The van der Waals surface area contributed by atoms with Gasteiger partial charge in [-0.1, -0.05) is 30.3 Å². The van der Waals surface area contributed by atoms with Gasteiger partial charge in [0.05, 0.1) is 7.11 Å². The van der Waals surface area contributed by atoms with Gasteiger partial charge in [0.2, 0.25) is 0 Å². The Morgan fingerprint density at radius 3 is 2.75 bits per heavy atom. The second-order valence-corrected chi connectivity index (χ2v) is 4.31. The third kappa shape index (κ3) is 2.14. The van der Waals surface area contributed by atoms with E-state index in [4.69, 9.17) is 4.74 Å². The van der Waals surface area contributed by atoms with Crippen molar-refractivity contribution in [3.05, 3.63) is 48.7 Å². The van der Waals surface area contributed by atoms with Gasteiger partial charge in [-0.25, -0.2) is 9.97 Å². The molecule has 0 N–H and O–H groups in total. The number of pyridine rings is 1. The molecule has 0 saturated carbocycles. The van der Waals surface area contributed by atoms with E-state index in [9.17, 15) is 4.79 Å². The van der Waals surface area contributed by atoms with Crippen molar-refractivity contribution in [2.75, 3.05) is 7.11 Å². The molecule has 0 atom stereocenters. The molecule has 0 aliphatic heterocycles. The minimum Gasteiger partial charge on any atom is -0.468 e. The summed E-state index contributed by atoms with van der Waals surface area (Å²) in [7, 11) is 1.37. The number of hydrogen-bond donors (Lipinski definition) is 0. The minimum atomic E-state index is -0.327. The standard InChI is InChI=1S/C15H13N3O2/c1-20-13(19)10-18-14(11-6-3-2-4-7-11)17-12-8-5-9-16-15(12)18/h2-9H,10H2,1H3. The number of fused-ring (bicyclic) bond motifs is 1. The van der Waals surface area contributed by atoms with Crippen molar-refractivity contribution >= 4 is 17.1 Å². The van der Waals surface area contributed by atoms with Crippen LogP contribution in [0.4, 0.5) is 0 Å². The molecular formula is C15H13N3O2. The molecule has 20 heavy (non-hydrogen) atoms. The number of carbonyl (C=O) groups excluding carboxylic acids is 1. The average Bonchev–Trinajstić information content (AvgIpc) is 2.87. The van der Waals surface area contributed by atoms with E-state index >= 15 is 0 Å². The largest absolute Gasteiger partial charge is 0.468 e. The van der Waals surface area contributed by atoms with Crippen LogP contribution in [-0.4, -0.2) is 27.6 Å². The fourth-order valence-electron chi connectivity index (χ4n) is 2.11. The van der Waals surface area contributed by atoms with E-state index in [1.165, 1.54) is 7.11 Å². The van der Waals surface area contributed by atoms with Crippen molar-refractivity contribution in [2.45, 2.75) is 6.54 Å². The van der Waals surface area contributed by atoms with E-state index in [2.05, 4.69) is 9.97 Å². The van der Waals surface area contributed by atoms with Gasteiger partial charge in [0.25, 0.3) is 0 Å². The predicted molar refractivity (Wildman–Crippen MR) is 75.0 cm³/mol. The Morgan fingerprint density at radius 2 is 2.00 bits per heavy atom. The molecule has 5 nitrogen and oxygen atoms in total. The van der Waals surface area contributed by atoms with Gasteiger partial charge in [0.15, 0.2) is 5.65 Å². The molecule has 0 fully saturated rings. The summed E-state index contributed by atoms with van der Waals surface area (Å²) < 4.78 is 6.52. The van der Waals surface area contributed by atoms with Crippen LogP contribution in [0.25, 0.3) is 22.6 Å². The van der Waals surface area contributed by atoms with Crippen molar-refractivity contribution < 1.29 is 9.53 Å². The van der Waals surface area contributed by atoms with Crippen LogP contribution in [0.2, 0.25) is 0 Å². The Bertz CT molecular complexity index is 750. The van der Waals surface area contributed by atoms with E-state index in [1.807, 2.05) is 42.5 Å². The Morgan fingerprint density at radius 1 is 1.20 bits per heavy atom. The summed E-state index contributed by atoms with van der Waals surface area (Å²) >= 11 is 0. The molecule has 0 amide bonds. The molecule has 3 aromatic rings. The van der Waals surface area contributed by atoms with E-state index in [0.717, 1.165) is 11.1 Å². The van der Waals surface area contributed by atoms with E-state index in [-0.39, 0.29) is 12.5 Å². The van der Waals surface area contributed by atoms with Crippen molar-refractivity contribution in [3.8, 4) is 11.4 Å². The van der Waals surface area contributed by atoms with Crippen LogP contribution < -0.4 is 0 Å². The van der Waals surface area contributed by atoms with Gasteiger partial charge in [0, 0.05) is 11.8 Å². The third-order valence-electron chi connectivity index (χ3n) is 3.05. The highest BCUT2D eigenvalue weighted by Gasteiger charge is 2.15. The van der Waals surface area contributed by atoms with Crippen molar-refractivity contribution in [2.24, 2.45) is 0 Å².